The Morgan fingerprint density at radius 2 is 1.29 bits per heavy atom. The first-order chi connectivity index (χ1) is 1.73. The summed E-state index contributed by atoms with van der Waals surface area (Å²) in [4.78, 5) is 14.3. The molecule has 0 spiro atoms. The van der Waals surface area contributed by atoms with Crippen molar-refractivity contribution in [1.82, 2.24) is 0 Å². The van der Waals surface area contributed by atoms with Gasteiger partial charge in [-0.15, -0.1) is 0 Å². The number of hydrogen-bond donors (Lipinski definition) is 2. The SMILES string of the molecule is O.O=[Si](O)O.[NaH].[Zr]. The molecule has 0 fully saturated rings. The van der Waals surface area contributed by atoms with Crippen molar-refractivity contribution in [3.05, 3.63) is 0 Å². The Morgan fingerprint density at radius 3 is 1.29 bits per heavy atom. The molecule has 4 N–H and O–H groups in total. The van der Waals surface area contributed by atoms with E-state index in [2.05, 4.69) is 0 Å². The number of rotatable bonds is 0. The molecule has 0 radical (unpaired) electrons. The van der Waals surface area contributed by atoms with Crippen LogP contribution in [0.2, 0.25) is 0 Å². The van der Waals surface area contributed by atoms with Crippen molar-refractivity contribution in [2.24, 2.45) is 0 Å². The molecule has 0 heterocycles. The molecule has 38 valence electrons. The van der Waals surface area contributed by atoms with Crippen LogP contribution in [-0.4, -0.2) is 53.8 Å². The fourth-order valence-electron chi connectivity index (χ4n) is 0. The molecular weight excluding hydrogens is 206 g/mol. The van der Waals surface area contributed by atoms with Gasteiger partial charge in [-0.1, -0.05) is 0 Å². The Bertz CT molecular complexity index is 34.7. The van der Waals surface area contributed by atoms with Crippen LogP contribution in [0.4, 0.5) is 0 Å². The molecule has 7 heavy (non-hydrogen) atoms. The second-order valence-electron chi connectivity index (χ2n) is 0.283. The molecule has 0 rings (SSSR count). The maximum absolute atomic E-state index is 8.74. The molecule has 4 nitrogen and oxygen atoms in total. The van der Waals surface area contributed by atoms with Gasteiger partial charge in [0.25, 0.3) is 0 Å². The van der Waals surface area contributed by atoms with Crippen molar-refractivity contribution in [2.45, 2.75) is 0 Å². The Hall–Kier alpha value is 1.46. The predicted octanol–water partition coefficient (Wildman–Crippen LogP) is -3.09. The van der Waals surface area contributed by atoms with Gasteiger partial charge in [-0.2, -0.15) is 0 Å². The first kappa shape index (κ1) is 23.7. The largest absolute Gasteiger partial charge is 0 e. The van der Waals surface area contributed by atoms with Gasteiger partial charge in [0.05, 0.1) is 0 Å². The Labute approximate surface area is 83.6 Å². The third-order valence-electron chi connectivity index (χ3n) is 0. The summed E-state index contributed by atoms with van der Waals surface area (Å²) in [5, 5.41) is 0. The predicted molar refractivity (Wildman–Crippen MR) is 21.6 cm³/mol. The Morgan fingerprint density at radius 1 is 1.29 bits per heavy atom. The van der Waals surface area contributed by atoms with Crippen LogP contribution in [0, 0.1) is 0 Å². The summed E-state index contributed by atoms with van der Waals surface area (Å²) in [5.74, 6) is 0. The summed E-state index contributed by atoms with van der Waals surface area (Å²) in [7, 11) is -3.13. The summed E-state index contributed by atoms with van der Waals surface area (Å²) >= 11 is 0. The third-order valence-corrected chi connectivity index (χ3v) is 0. The smallest absolute Gasteiger partial charge is 0 e. The first-order valence-electron chi connectivity index (χ1n) is 0.651. The van der Waals surface area contributed by atoms with E-state index in [1.165, 1.54) is 0 Å². The molecule has 0 aromatic rings. The van der Waals surface area contributed by atoms with E-state index in [4.69, 9.17) is 14.1 Å². The summed E-state index contributed by atoms with van der Waals surface area (Å²) < 4.78 is 8.74. The van der Waals surface area contributed by atoms with Crippen LogP contribution in [0.3, 0.4) is 0 Å². The molecule has 0 aliphatic carbocycles. The summed E-state index contributed by atoms with van der Waals surface area (Å²) in [6.45, 7) is 0. The summed E-state index contributed by atoms with van der Waals surface area (Å²) in [6.07, 6.45) is 0. The Balaban J connectivity index is -0.0000000150. The van der Waals surface area contributed by atoms with Crippen LogP contribution in [0.15, 0.2) is 0 Å². The molecule has 0 atom stereocenters. The first-order valence-corrected chi connectivity index (χ1v) is 1.95. The molecule has 0 amide bonds. The minimum Gasteiger partial charge on any atom is 0 e. The summed E-state index contributed by atoms with van der Waals surface area (Å²) in [5.41, 5.74) is 0. The minimum atomic E-state index is -3.13. The second kappa shape index (κ2) is 15.7. The van der Waals surface area contributed by atoms with E-state index >= 15 is 0 Å². The van der Waals surface area contributed by atoms with Crippen LogP contribution in [0.25, 0.3) is 0 Å². The molecular formula is H5NaO4SiZr. The van der Waals surface area contributed by atoms with E-state index in [9.17, 15) is 0 Å². The Kier molecular flexibility index (Phi) is 52.9. The van der Waals surface area contributed by atoms with Crippen molar-refractivity contribution >= 4 is 38.7 Å². The fourth-order valence-corrected chi connectivity index (χ4v) is 0. The normalized spacial score (nSPS) is 3.43. The average Bonchev–Trinajstić information content (AvgIpc) is 0.811. The van der Waals surface area contributed by atoms with Gasteiger partial charge in [-0.25, -0.2) is 0 Å². The molecule has 0 saturated heterocycles. The number of hydrogen-bond acceptors (Lipinski definition) is 1. The van der Waals surface area contributed by atoms with Crippen molar-refractivity contribution in [1.29, 1.82) is 0 Å². The average molecular weight is 211 g/mol. The van der Waals surface area contributed by atoms with Gasteiger partial charge >= 0.3 is 38.7 Å². The van der Waals surface area contributed by atoms with Crippen LogP contribution in [0.5, 0.6) is 0 Å². The van der Waals surface area contributed by atoms with Crippen LogP contribution < -0.4 is 0 Å². The van der Waals surface area contributed by atoms with Gasteiger partial charge in [-0.3, -0.25) is 4.46 Å². The molecule has 0 bridgehead atoms. The third kappa shape index (κ3) is 104. The second-order valence-corrected chi connectivity index (χ2v) is 0.848. The fraction of sp³-hybridized carbons (Fsp3) is 0. The van der Waals surface area contributed by atoms with Gasteiger partial charge in [0.2, 0.25) is 0 Å². The zero-order valence-corrected chi connectivity index (χ0v) is 6.26. The molecule has 0 aliphatic rings. The van der Waals surface area contributed by atoms with E-state index in [1.807, 2.05) is 0 Å². The maximum Gasteiger partial charge on any atom is 0 e. The molecule has 0 saturated carbocycles. The van der Waals surface area contributed by atoms with Gasteiger partial charge in [-0.05, 0) is 0 Å². The summed E-state index contributed by atoms with van der Waals surface area (Å²) in [6, 6.07) is 0. The zero-order valence-electron chi connectivity index (χ0n) is 2.80. The van der Waals surface area contributed by atoms with E-state index in [1.54, 1.807) is 0 Å². The maximum atomic E-state index is 8.74. The van der Waals surface area contributed by atoms with Crippen LogP contribution >= 0.6 is 0 Å². The van der Waals surface area contributed by atoms with Crippen molar-refractivity contribution < 1.29 is 45.7 Å². The zero-order chi connectivity index (χ0) is 3.58. The molecule has 0 aromatic heterocycles. The minimum absolute atomic E-state index is 0. The van der Waals surface area contributed by atoms with E-state index < -0.39 is 9.17 Å². The topological polar surface area (TPSA) is 89.0 Å². The quantitative estimate of drug-likeness (QED) is 0.416. The van der Waals surface area contributed by atoms with Crippen molar-refractivity contribution in [2.75, 3.05) is 0 Å². The standard InChI is InChI=1S/Na.H2O3Si.H2O.Zr.H/c;1-4(2)3;;;/h;1-2H;1H2;;. The molecule has 0 aliphatic heterocycles. The van der Waals surface area contributed by atoms with Crippen LogP contribution in [-0.2, 0) is 30.7 Å². The molecule has 0 unspecified atom stereocenters. The van der Waals surface area contributed by atoms with Gasteiger partial charge in [0, 0.05) is 26.2 Å². The monoisotopic (exact) mass is 210 g/mol. The van der Waals surface area contributed by atoms with E-state index in [-0.39, 0.29) is 61.2 Å². The van der Waals surface area contributed by atoms with Crippen molar-refractivity contribution in [3.63, 3.8) is 0 Å². The van der Waals surface area contributed by atoms with E-state index in [0.717, 1.165) is 0 Å². The van der Waals surface area contributed by atoms with Gasteiger partial charge < -0.3 is 15.1 Å². The molecule has 0 aromatic carbocycles. The van der Waals surface area contributed by atoms with Gasteiger partial charge in [0.1, 0.15) is 0 Å². The van der Waals surface area contributed by atoms with Crippen molar-refractivity contribution in [3.8, 4) is 0 Å². The van der Waals surface area contributed by atoms with Crippen LogP contribution in [0.1, 0.15) is 0 Å². The van der Waals surface area contributed by atoms with Gasteiger partial charge in [0.15, 0.2) is 0 Å². The molecule has 7 heteroatoms. The van der Waals surface area contributed by atoms with E-state index in [0.29, 0.717) is 0 Å².